The topological polar surface area (TPSA) is 56.2 Å². The molecular weight excluding hydrogens is 418 g/mol. The Morgan fingerprint density at radius 2 is 2.12 bits per heavy atom. The molecule has 0 unspecified atom stereocenters. The summed E-state index contributed by atoms with van der Waals surface area (Å²) in [5.41, 5.74) is 1.98. The molecule has 0 saturated carbocycles. The molecule has 1 aromatic heterocycles. The lowest BCUT2D eigenvalue weighted by Gasteiger charge is -2.13. The van der Waals surface area contributed by atoms with Gasteiger partial charge in [-0.2, -0.15) is 0 Å². The quantitative estimate of drug-likeness (QED) is 0.629. The summed E-state index contributed by atoms with van der Waals surface area (Å²) in [5.74, 6) is 1.25. The van der Waals surface area contributed by atoms with Crippen molar-refractivity contribution in [2.24, 2.45) is 0 Å². The number of nitrogens with zero attached hydrogens (tertiary/aromatic N) is 2. The van der Waals surface area contributed by atoms with Gasteiger partial charge >= 0.3 is 0 Å². The predicted molar refractivity (Wildman–Crippen MR) is 105 cm³/mol. The van der Waals surface area contributed by atoms with Crippen LogP contribution >= 0.6 is 27.5 Å². The molecule has 0 radical (unpaired) electrons. The van der Waals surface area contributed by atoms with E-state index in [1.807, 2.05) is 42.0 Å². The van der Waals surface area contributed by atoms with E-state index in [9.17, 15) is 4.79 Å². The average Bonchev–Trinajstić information content (AvgIpc) is 3.05. The van der Waals surface area contributed by atoms with Crippen molar-refractivity contribution in [3.05, 3.63) is 75.7 Å². The lowest BCUT2D eigenvalue weighted by molar-refractivity contribution is -0.123. The van der Waals surface area contributed by atoms with Crippen molar-refractivity contribution in [3.63, 3.8) is 0 Å². The number of aromatic nitrogens is 2. The molecule has 0 saturated heterocycles. The number of halogens is 2. The number of aryl methyl sites for hydroxylation is 1. The number of imidazole rings is 1. The van der Waals surface area contributed by atoms with Crippen molar-refractivity contribution in [1.29, 1.82) is 0 Å². The first-order valence-corrected chi connectivity index (χ1v) is 9.14. The van der Waals surface area contributed by atoms with Crippen LogP contribution in [0.25, 0.3) is 5.69 Å². The Hall–Kier alpha value is -2.31. The zero-order valence-electron chi connectivity index (χ0n) is 14.1. The van der Waals surface area contributed by atoms with Gasteiger partial charge in [-0.05, 0) is 52.7 Å². The Morgan fingerprint density at radius 3 is 2.85 bits per heavy atom. The highest BCUT2D eigenvalue weighted by Gasteiger charge is 2.09. The molecule has 0 spiro atoms. The second-order valence-electron chi connectivity index (χ2n) is 5.61. The average molecular weight is 435 g/mol. The van der Waals surface area contributed by atoms with Crippen LogP contribution in [0.1, 0.15) is 11.4 Å². The van der Waals surface area contributed by atoms with Crippen LogP contribution in [-0.2, 0) is 11.3 Å². The second kappa shape index (κ2) is 8.38. The molecular formula is C19H17BrClN3O2. The maximum Gasteiger partial charge on any atom is 0.258 e. The zero-order chi connectivity index (χ0) is 18.5. The van der Waals surface area contributed by atoms with Gasteiger partial charge in [0.1, 0.15) is 11.6 Å². The monoisotopic (exact) mass is 433 g/mol. The Balaban J connectivity index is 1.61. The van der Waals surface area contributed by atoms with Crippen LogP contribution in [0, 0.1) is 6.92 Å². The number of hydrogen-bond donors (Lipinski definition) is 1. The van der Waals surface area contributed by atoms with Gasteiger partial charge in [0.05, 0.1) is 10.2 Å². The third-order valence-electron chi connectivity index (χ3n) is 3.81. The van der Waals surface area contributed by atoms with Crippen LogP contribution in [0.3, 0.4) is 0 Å². The van der Waals surface area contributed by atoms with Crippen LogP contribution in [0.5, 0.6) is 5.75 Å². The molecule has 0 atom stereocenters. The highest BCUT2D eigenvalue weighted by atomic mass is 79.9. The molecule has 2 aromatic carbocycles. The molecule has 26 heavy (non-hydrogen) atoms. The molecule has 0 fully saturated rings. The Morgan fingerprint density at radius 1 is 1.31 bits per heavy atom. The van der Waals surface area contributed by atoms with Crippen molar-refractivity contribution in [2.75, 3.05) is 6.61 Å². The smallest absolute Gasteiger partial charge is 0.258 e. The first-order valence-electron chi connectivity index (χ1n) is 7.97. The fourth-order valence-electron chi connectivity index (χ4n) is 2.51. The first kappa shape index (κ1) is 18.5. The number of benzene rings is 2. The molecule has 3 aromatic rings. The molecule has 3 rings (SSSR count). The van der Waals surface area contributed by atoms with Gasteiger partial charge in [-0.25, -0.2) is 4.98 Å². The van der Waals surface area contributed by atoms with Crippen LogP contribution < -0.4 is 10.1 Å². The fraction of sp³-hybridized carbons (Fsp3) is 0.158. The summed E-state index contributed by atoms with van der Waals surface area (Å²) < 4.78 is 8.23. The first-order chi connectivity index (χ1) is 12.5. The molecule has 5 nitrogen and oxygen atoms in total. The summed E-state index contributed by atoms with van der Waals surface area (Å²) in [6.07, 6.45) is 3.65. The molecule has 0 aliphatic rings. The van der Waals surface area contributed by atoms with Crippen LogP contribution in [0.2, 0.25) is 5.02 Å². The van der Waals surface area contributed by atoms with Gasteiger partial charge in [0, 0.05) is 24.0 Å². The number of rotatable bonds is 6. The van der Waals surface area contributed by atoms with Crippen LogP contribution in [0.4, 0.5) is 0 Å². The largest absolute Gasteiger partial charge is 0.483 e. The number of nitrogens with one attached hydrogen (secondary N) is 1. The number of para-hydroxylation sites is 1. The van der Waals surface area contributed by atoms with E-state index in [0.717, 1.165) is 17.1 Å². The summed E-state index contributed by atoms with van der Waals surface area (Å²) in [5, 5.41) is 3.48. The van der Waals surface area contributed by atoms with E-state index in [0.29, 0.717) is 21.8 Å². The number of hydrogen-bond acceptors (Lipinski definition) is 3. The summed E-state index contributed by atoms with van der Waals surface area (Å²) in [4.78, 5) is 16.4. The molecule has 0 bridgehead atoms. The number of carbonyl (C=O) groups is 1. The van der Waals surface area contributed by atoms with Crippen molar-refractivity contribution < 1.29 is 9.53 Å². The van der Waals surface area contributed by atoms with Gasteiger partial charge in [-0.15, -0.1) is 0 Å². The van der Waals surface area contributed by atoms with E-state index in [1.165, 1.54) is 0 Å². The number of carbonyl (C=O) groups excluding carboxylic acids is 1. The van der Waals surface area contributed by atoms with Gasteiger partial charge in [0.2, 0.25) is 0 Å². The molecule has 1 amide bonds. The lowest BCUT2D eigenvalue weighted by Crippen LogP contribution is -2.28. The highest BCUT2D eigenvalue weighted by molar-refractivity contribution is 9.10. The Kier molecular flexibility index (Phi) is 5.96. The third kappa shape index (κ3) is 4.45. The summed E-state index contributed by atoms with van der Waals surface area (Å²) in [7, 11) is 0. The Bertz CT molecular complexity index is 927. The summed E-state index contributed by atoms with van der Waals surface area (Å²) in [6, 6.07) is 13.0. The Labute approximate surface area is 165 Å². The van der Waals surface area contributed by atoms with E-state index < -0.39 is 0 Å². The van der Waals surface area contributed by atoms with Crippen molar-refractivity contribution in [3.8, 4) is 11.4 Å². The minimum absolute atomic E-state index is 0.0769. The van der Waals surface area contributed by atoms with Gasteiger partial charge in [0.15, 0.2) is 6.61 Å². The molecule has 1 heterocycles. The molecule has 1 N–H and O–H groups in total. The van der Waals surface area contributed by atoms with Gasteiger partial charge in [-0.3, -0.25) is 4.79 Å². The lowest BCUT2D eigenvalue weighted by atomic mass is 10.1. The van der Waals surface area contributed by atoms with Gasteiger partial charge in [-0.1, -0.05) is 29.8 Å². The van der Waals surface area contributed by atoms with Crippen LogP contribution in [0.15, 0.2) is 59.3 Å². The van der Waals surface area contributed by atoms with Crippen LogP contribution in [-0.4, -0.2) is 22.1 Å². The van der Waals surface area contributed by atoms with E-state index in [1.54, 1.807) is 24.4 Å². The van der Waals surface area contributed by atoms with Gasteiger partial charge in [0.25, 0.3) is 5.91 Å². The van der Waals surface area contributed by atoms with E-state index in [-0.39, 0.29) is 12.5 Å². The van der Waals surface area contributed by atoms with Crippen molar-refractivity contribution in [2.45, 2.75) is 13.5 Å². The predicted octanol–water partition coefficient (Wildman–Crippen LogP) is 4.29. The van der Waals surface area contributed by atoms with E-state index in [2.05, 4.69) is 26.2 Å². The van der Waals surface area contributed by atoms with E-state index in [4.69, 9.17) is 16.3 Å². The molecule has 0 aliphatic carbocycles. The molecule has 134 valence electrons. The zero-order valence-corrected chi connectivity index (χ0v) is 16.4. The minimum Gasteiger partial charge on any atom is -0.483 e. The standard InChI is InChI=1S/C19H17BrClN3O2/c1-13-22-8-9-24(13)17-5-3-2-4-14(17)11-23-19(25)12-26-18-7-6-15(21)10-16(18)20/h2-10H,11-12H2,1H3,(H,23,25). The third-order valence-corrected chi connectivity index (χ3v) is 4.66. The van der Waals surface area contributed by atoms with Gasteiger partial charge < -0.3 is 14.6 Å². The maximum atomic E-state index is 12.1. The minimum atomic E-state index is -0.205. The summed E-state index contributed by atoms with van der Waals surface area (Å²) >= 11 is 9.26. The number of ether oxygens (including phenoxy) is 1. The van der Waals surface area contributed by atoms with Crippen molar-refractivity contribution in [1.82, 2.24) is 14.9 Å². The van der Waals surface area contributed by atoms with Crippen molar-refractivity contribution >= 4 is 33.4 Å². The normalized spacial score (nSPS) is 10.6. The molecule has 7 heteroatoms. The fourth-order valence-corrected chi connectivity index (χ4v) is 3.31. The maximum absolute atomic E-state index is 12.1. The van der Waals surface area contributed by atoms with E-state index >= 15 is 0 Å². The molecule has 0 aliphatic heterocycles. The summed E-state index contributed by atoms with van der Waals surface area (Å²) in [6.45, 7) is 2.26. The SMILES string of the molecule is Cc1nccn1-c1ccccc1CNC(=O)COc1ccc(Cl)cc1Br. The number of amides is 1. The highest BCUT2D eigenvalue weighted by Crippen LogP contribution is 2.27. The second-order valence-corrected chi connectivity index (χ2v) is 6.90.